The molecule has 132 valence electrons. The monoisotopic (exact) mass is 343 g/mol. The number of amides is 1. The maximum Gasteiger partial charge on any atom is 0.308 e. The van der Waals surface area contributed by atoms with Crippen LogP contribution < -0.4 is 4.90 Å². The Morgan fingerprint density at radius 1 is 1.08 bits per heavy atom. The second-order valence-electron chi connectivity index (χ2n) is 6.83. The SMILES string of the molecule is O=C(O)[C@@H]1CCN(C(=O)C2CCN(c3nc4ccccc4o3)CC2)C1. The lowest BCUT2D eigenvalue weighted by Crippen LogP contribution is -2.42. The molecule has 0 spiro atoms. The highest BCUT2D eigenvalue weighted by molar-refractivity contribution is 5.81. The van der Waals surface area contributed by atoms with Crippen LogP contribution in [0.4, 0.5) is 6.01 Å². The van der Waals surface area contributed by atoms with Crippen molar-refractivity contribution in [2.45, 2.75) is 19.3 Å². The van der Waals surface area contributed by atoms with Crippen LogP contribution >= 0.6 is 0 Å². The van der Waals surface area contributed by atoms with Gasteiger partial charge < -0.3 is 19.3 Å². The van der Waals surface area contributed by atoms with Gasteiger partial charge in [-0.05, 0) is 31.4 Å². The molecule has 0 unspecified atom stereocenters. The van der Waals surface area contributed by atoms with Crippen LogP contribution in [0.1, 0.15) is 19.3 Å². The van der Waals surface area contributed by atoms with Crippen molar-refractivity contribution in [1.29, 1.82) is 0 Å². The lowest BCUT2D eigenvalue weighted by molar-refractivity contribution is -0.141. The van der Waals surface area contributed by atoms with E-state index < -0.39 is 11.9 Å². The van der Waals surface area contributed by atoms with Crippen molar-refractivity contribution in [2.24, 2.45) is 11.8 Å². The molecule has 7 nitrogen and oxygen atoms in total. The first-order chi connectivity index (χ1) is 12.1. The molecule has 1 atom stereocenters. The second kappa shape index (κ2) is 6.38. The van der Waals surface area contributed by atoms with Crippen LogP contribution in [0.3, 0.4) is 0 Å². The number of hydrogen-bond donors (Lipinski definition) is 1. The van der Waals surface area contributed by atoms with Gasteiger partial charge in [0.15, 0.2) is 5.58 Å². The smallest absolute Gasteiger partial charge is 0.308 e. The molecule has 2 aliphatic rings. The molecular formula is C18H21N3O4. The zero-order chi connectivity index (χ0) is 17.4. The maximum absolute atomic E-state index is 12.6. The van der Waals surface area contributed by atoms with E-state index in [0.29, 0.717) is 25.5 Å². The fourth-order valence-electron chi connectivity index (χ4n) is 3.73. The predicted octanol–water partition coefficient (Wildman–Crippen LogP) is 1.98. The molecule has 1 N–H and O–H groups in total. The third kappa shape index (κ3) is 3.06. The number of aromatic nitrogens is 1. The number of likely N-dealkylation sites (tertiary alicyclic amines) is 1. The molecule has 4 rings (SSSR count). The summed E-state index contributed by atoms with van der Waals surface area (Å²) in [5.74, 6) is -1.15. The Morgan fingerprint density at radius 3 is 2.48 bits per heavy atom. The average molecular weight is 343 g/mol. The number of carboxylic acids is 1. The standard InChI is InChI=1S/C18H21N3O4/c22-16(21-10-7-13(11-21)17(23)24)12-5-8-20(9-6-12)18-19-14-3-1-2-4-15(14)25-18/h1-4,12-13H,5-11H2,(H,23,24)/t13-/m1/s1. The minimum atomic E-state index is -0.805. The van der Waals surface area contributed by atoms with Gasteiger partial charge in [0.25, 0.3) is 6.01 Å². The number of carbonyl (C=O) groups is 2. The van der Waals surface area contributed by atoms with Crippen molar-refractivity contribution in [3.05, 3.63) is 24.3 Å². The summed E-state index contributed by atoms with van der Waals surface area (Å²) < 4.78 is 5.80. The number of carbonyl (C=O) groups excluding carboxylic acids is 1. The maximum atomic E-state index is 12.6. The Kier molecular flexibility index (Phi) is 4.07. The van der Waals surface area contributed by atoms with E-state index in [9.17, 15) is 9.59 Å². The van der Waals surface area contributed by atoms with Crippen molar-refractivity contribution in [2.75, 3.05) is 31.1 Å². The van der Waals surface area contributed by atoms with E-state index in [1.54, 1.807) is 4.90 Å². The Balaban J connectivity index is 1.36. The van der Waals surface area contributed by atoms with Crippen molar-refractivity contribution < 1.29 is 19.1 Å². The molecule has 0 radical (unpaired) electrons. The fourth-order valence-corrected chi connectivity index (χ4v) is 3.73. The van der Waals surface area contributed by atoms with Gasteiger partial charge in [0.05, 0.1) is 5.92 Å². The number of aliphatic carboxylic acids is 1. The minimum Gasteiger partial charge on any atom is -0.481 e. The molecule has 2 saturated heterocycles. The number of nitrogens with zero attached hydrogens (tertiary/aromatic N) is 3. The summed E-state index contributed by atoms with van der Waals surface area (Å²) >= 11 is 0. The van der Waals surface area contributed by atoms with Gasteiger partial charge in [0, 0.05) is 32.1 Å². The highest BCUT2D eigenvalue weighted by atomic mass is 16.4. The molecule has 2 fully saturated rings. The average Bonchev–Trinajstić information content (AvgIpc) is 3.28. The number of benzene rings is 1. The molecule has 2 aromatic rings. The van der Waals surface area contributed by atoms with Gasteiger partial charge in [-0.1, -0.05) is 12.1 Å². The Labute approximate surface area is 145 Å². The zero-order valence-corrected chi connectivity index (χ0v) is 13.9. The number of fused-ring (bicyclic) bond motifs is 1. The normalized spacial score (nSPS) is 21.8. The lowest BCUT2D eigenvalue weighted by Gasteiger charge is -2.32. The quantitative estimate of drug-likeness (QED) is 0.917. The van der Waals surface area contributed by atoms with Crippen LogP contribution in [0.2, 0.25) is 0 Å². The molecule has 1 amide bonds. The summed E-state index contributed by atoms with van der Waals surface area (Å²) in [4.78, 5) is 32.0. The molecule has 2 aliphatic heterocycles. The largest absolute Gasteiger partial charge is 0.481 e. The zero-order valence-electron chi connectivity index (χ0n) is 13.9. The van der Waals surface area contributed by atoms with Gasteiger partial charge in [-0.2, -0.15) is 4.98 Å². The summed E-state index contributed by atoms with van der Waals surface area (Å²) in [6.07, 6.45) is 2.04. The number of hydrogen-bond acceptors (Lipinski definition) is 5. The Hall–Kier alpha value is -2.57. The third-order valence-corrected chi connectivity index (χ3v) is 5.25. The van der Waals surface area contributed by atoms with Crippen molar-refractivity contribution in [3.8, 4) is 0 Å². The van der Waals surface area contributed by atoms with Gasteiger partial charge in [0.2, 0.25) is 5.91 Å². The first-order valence-corrected chi connectivity index (χ1v) is 8.74. The van der Waals surface area contributed by atoms with E-state index in [1.165, 1.54) is 0 Å². The Morgan fingerprint density at radius 2 is 1.80 bits per heavy atom. The third-order valence-electron chi connectivity index (χ3n) is 5.25. The molecule has 0 saturated carbocycles. The second-order valence-corrected chi connectivity index (χ2v) is 6.83. The van der Waals surface area contributed by atoms with E-state index in [1.807, 2.05) is 24.3 Å². The Bertz CT molecular complexity index is 761. The minimum absolute atomic E-state index is 0.0341. The van der Waals surface area contributed by atoms with Gasteiger partial charge in [-0.3, -0.25) is 9.59 Å². The molecule has 1 aromatic heterocycles. The number of piperidine rings is 1. The lowest BCUT2D eigenvalue weighted by atomic mass is 9.95. The van der Waals surface area contributed by atoms with Crippen LogP contribution in [0.15, 0.2) is 28.7 Å². The van der Waals surface area contributed by atoms with Gasteiger partial charge >= 0.3 is 5.97 Å². The summed E-state index contributed by atoms with van der Waals surface area (Å²) in [6.45, 7) is 2.35. The predicted molar refractivity (Wildman–Crippen MR) is 91.3 cm³/mol. The molecule has 3 heterocycles. The van der Waals surface area contributed by atoms with Crippen LogP contribution in [-0.4, -0.2) is 53.0 Å². The van der Waals surface area contributed by atoms with Gasteiger partial charge in [0.1, 0.15) is 5.52 Å². The molecule has 1 aromatic carbocycles. The number of anilines is 1. The highest BCUT2D eigenvalue weighted by Crippen LogP contribution is 2.28. The van der Waals surface area contributed by atoms with E-state index in [4.69, 9.17) is 9.52 Å². The summed E-state index contributed by atoms with van der Waals surface area (Å²) in [5, 5.41) is 9.08. The molecule has 7 heteroatoms. The van der Waals surface area contributed by atoms with E-state index >= 15 is 0 Å². The van der Waals surface area contributed by atoms with Crippen molar-refractivity contribution >= 4 is 29.0 Å². The van der Waals surface area contributed by atoms with Gasteiger partial charge in [-0.25, -0.2) is 0 Å². The topological polar surface area (TPSA) is 86.9 Å². The number of carboxylic acid groups (broad SMARTS) is 1. The molecule has 25 heavy (non-hydrogen) atoms. The summed E-state index contributed by atoms with van der Waals surface area (Å²) in [5.41, 5.74) is 1.61. The first kappa shape index (κ1) is 15.9. The van der Waals surface area contributed by atoms with Crippen molar-refractivity contribution in [1.82, 2.24) is 9.88 Å². The number of oxazole rings is 1. The van der Waals surface area contributed by atoms with Crippen LogP contribution in [-0.2, 0) is 9.59 Å². The van der Waals surface area contributed by atoms with E-state index in [2.05, 4.69) is 9.88 Å². The molecule has 0 aliphatic carbocycles. The molecular weight excluding hydrogens is 322 g/mol. The van der Waals surface area contributed by atoms with Crippen LogP contribution in [0.5, 0.6) is 0 Å². The van der Waals surface area contributed by atoms with Crippen LogP contribution in [0, 0.1) is 11.8 Å². The van der Waals surface area contributed by atoms with Crippen molar-refractivity contribution in [3.63, 3.8) is 0 Å². The number of rotatable bonds is 3. The number of para-hydroxylation sites is 2. The van der Waals surface area contributed by atoms with Crippen LogP contribution in [0.25, 0.3) is 11.1 Å². The highest BCUT2D eigenvalue weighted by Gasteiger charge is 2.35. The molecule has 0 bridgehead atoms. The first-order valence-electron chi connectivity index (χ1n) is 8.74. The summed E-state index contributed by atoms with van der Waals surface area (Å²) in [7, 11) is 0. The van der Waals surface area contributed by atoms with E-state index in [-0.39, 0.29) is 11.8 Å². The summed E-state index contributed by atoms with van der Waals surface area (Å²) in [6, 6.07) is 8.28. The van der Waals surface area contributed by atoms with E-state index in [0.717, 1.165) is 37.0 Å². The van der Waals surface area contributed by atoms with Gasteiger partial charge in [-0.15, -0.1) is 0 Å². The fraction of sp³-hybridized carbons (Fsp3) is 0.500.